The van der Waals surface area contributed by atoms with Gasteiger partial charge in [-0.25, -0.2) is 18.1 Å². The zero-order chi connectivity index (χ0) is 13.9. The number of halogens is 1. The quantitative estimate of drug-likeness (QED) is 0.805. The standard InChI is InChI=1S/C11H20BrN3O2S/c1-8(2)5-10(12)6-13-18(16,17)11-7-15(4)9(3)14-11/h7-8,10,13H,5-6H2,1-4H3. The molecule has 0 aliphatic carbocycles. The minimum atomic E-state index is -3.50. The van der Waals surface area contributed by atoms with Crippen molar-refractivity contribution < 1.29 is 8.42 Å². The van der Waals surface area contributed by atoms with Crippen LogP contribution in [0.4, 0.5) is 0 Å². The Morgan fingerprint density at radius 2 is 2.11 bits per heavy atom. The lowest BCUT2D eigenvalue weighted by Crippen LogP contribution is -2.30. The third-order valence-electron chi connectivity index (χ3n) is 2.58. The van der Waals surface area contributed by atoms with Crippen LogP contribution in [0.25, 0.3) is 0 Å². The molecule has 0 aliphatic rings. The normalized spacial score (nSPS) is 14.1. The molecule has 1 atom stereocenters. The summed E-state index contributed by atoms with van der Waals surface area (Å²) in [4.78, 5) is 4.15. The van der Waals surface area contributed by atoms with Crippen molar-refractivity contribution >= 4 is 26.0 Å². The van der Waals surface area contributed by atoms with Gasteiger partial charge >= 0.3 is 0 Å². The zero-order valence-corrected chi connectivity index (χ0v) is 13.5. The Bertz CT molecular complexity index is 477. The van der Waals surface area contributed by atoms with E-state index >= 15 is 0 Å². The number of rotatable bonds is 6. The summed E-state index contributed by atoms with van der Waals surface area (Å²) in [5.74, 6) is 1.20. The van der Waals surface area contributed by atoms with Gasteiger partial charge in [-0.15, -0.1) is 0 Å². The Hall–Kier alpha value is -0.400. The lowest BCUT2D eigenvalue weighted by Gasteiger charge is -2.12. The predicted octanol–water partition coefficient (Wildman–Crippen LogP) is 1.82. The van der Waals surface area contributed by atoms with Gasteiger partial charge in [-0.2, -0.15) is 0 Å². The average molecular weight is 338 g/mol. The van der Waals surface area contributed by atoms with Crippen LogP contribution in [0.3, 0.4) is 0 Å². The summed E-state index contributed by atoms with van der Waals surface area (Å²) in [7, 11) is -1.73. The number of nitrogens with zero attached hydrogens (tertiary/aromatic N) is 2. The Balaban J connectivity index is 2.66. The van der Waals surface area contributed by atoms with Crippen LogP contribution >= 0.6 is 15.9 Å². The minimum Gasteiger partial charge on any atom is -0.337 e. The van der Waals surface area contributed by atoms with E-state index in [2.05, 4.69) is 39.5 Å². The molecule has 0 bridgehead atoms. The maximum Gasteiger partial charge on any atom is 0.259 e. The van der Waals surface area contributed by atoms with E-state index in [0.29, 0.717) is 18.3 Å². The smallest absolute Gasteiger partial charge is 0.259 e. The summed E-state index contributed by atoms with van der Waals surface area (Å²) >= 11 is 3.47. The largest absolute Gasteiger partial charge is 0.337 e. The highest BCUT2D eigenvalue weighted by molar-refractivity contribution is 9.09. The highest BCUT2D eigenvalue weighted by Gasteiger charge is 2.19. The minimum absolute atomic E-state index is 0.0757. The number of alkyl halides is 1. The van der Waals surface area contributed by atoms with E-state index in [-0.39, 0.29) is 9.85 Å². The number of aryl methyl sites for hydroxylation is 2. The highest BCUT2D eigenvalue weighted by atomic mass is 79.9. The second-order valence-electron chi connectivity index (χ2n) is 4.82. The molecule has 0 radical (unpaired) electrons. The van der Waals surface area contributed by atoms with E-state index in [0.717, 1.165) is 6.42 Å². The van der Waals surface area contributed by atoms with Gasteiger partial charge in [0.2, 0.25) is 0 Å². The van der Waals surface area contributed by atoms with Gasteiger partial charge in [0.1, 0.15) is 5.82 Å². The fraction of sp³-hybridized carbons (Fsp3) is 0.727. The highest BCUT2D eigenvalue weighted by Crippen LogP contribution is 2.13. The molecule has 0 aliphatic heterocycles. The van der Waals surface area contributed by atoms with Gasteiger partial charge in [-0.1, -0.05) is 29.8 Å². The zero-order valence-electron chi connectivity index (χ0n) is 11.1. The Morgan fingerprint density at radius 1 is 1.50 bits per heavy atom. The van der Waals surface area contributed by atoms with Crippen molar-refractivity contribution in [3.05, 3.63) is 12.0 Å². The van der Waals surface area contributed by atoms with Crippen LogP contribution in [0.1, 0.15) is 26.1 Å². The van der Waals surface area contributed by atoms with Crippen molar-refractivity contribution in [2.45, 2.75) is 37.0 Å². The lowest BCUT2D eigenvalue weighted by atomic mass is 10.1. The molecule has 18 heavy (non-hydrogen) atoms. The molecule has 0 aromatic carbocycles. The van der Waals surface area contributed by atoms with E-state index in [4.69, 9.17) is 0 Å². The number of nitrogens with one attached hydrogen (secondary N) is 1. The van der Waals surface area contributed by atoms with Crippen molar-refractivity contribution in [2.75, 3.05) is 6.54 Å². The predicted molar refractivity (Wildman–Crippen MR) is 75.3 cm³/mol. The summed E-state index contributed by atoms with van der Waals surface area (Å²) in [6, 6.07) is 0. The van der Waals surface area contributed by atoms with Gasteiger partial charge in [0, 0.05) is 24.6 Å². The molecule has 1 N–H and O–H groups in total. The van der Waals surface area contributed by atoms with Crippen LogP contribution < -0.4 is 4.72 Å². The van der Waals surface area contributed by atoms with E-state index in [9.17, 15) is 8.42 Å². The third kappa shape index (κ3) is 4.37. The Labute approximate surface area is 117 Å². The second-order valence-corrected chi connectivity index (χ2v) is 7.82. The van der Waals surface area contributed by atoms with Gasteiger partial charge in [-0.3, -0.25) is 0 Å². The van der Waals surface area contributed by atoms with Crippen LogP contribution in [0, 0.1) is 12.8 Å². The van der Waals surface area contributed by atoms with Crippen molar-refractivity contribution in [1.29, 1.82) is 0 Å². The number of imidazole rings is 1. The molecule has 0 fully saturated rings. The summed E-state index contributed by atoms with van der Waals surface area (Å²) in [6.45, 7) is 6.34. The Morgan fingerprint density at radius 3 is 2.56 bits per heavy atom. The van der Waals surface area contributed by atoms with Crippen LogP contribution in [0.5, 0.6) is 0 Å². The molecule has 5 nitrogen and oxygen atoms in total. The van der Waals surface area contributed by atoms with Crippen molar-refractivity contribution in [1.82, 2.24) is 14.3 Å². The topological polar surface area (TPSA) is 64.0 Å². The molecule has 104 valence electrons. The average Bonchev–Trinajstić information content (AvgIpc) is 2.56. The van der Waals surface area contributed by atoms with Gasteiger partial charge in [0.05, 0.1) is 0 Å². The molecule has 0 saturated heterocycles. The van der Waals surface area contributed by atoms with Crippen molar-refractivity contribution in [2.24, 2.45) is 13.0 Å². The Kier molecular flexibility index (Phi) is 5.36. The van der Waals surface area contributed by atoms with Crippen molar-refractivity contribution in [3.8, 4) is 0 Å². The van der Waals surface area contributed by atoms with E-state index in [1.807, 2.05) is 0 Å². The molecular weight excluding hydrogens is 318 g/mol. The monoisotopic (exact) mass is 337 g/mol. The maximum atomic E-state index is 12.0. The van der Waals surface area contributed by atoms with Gasteiger partial charge in [-0.05, 0) is 19.3 Å². The number of hydrogen-bond donors (Lipinski definition) is 1. The number of aromatic nitrogens is 2. The molecule has 1 aromatic heterocycles. The SMILES string of the molecule is Cc1nc(S(=O)(=O)NCC(Br)CC(C)C)cn1C. The molecular formula is C11H20BrN3O2S. The van der Waals surface area contributed by atoms with Crippen LogP contribution in [-0.4, -0.2) is 29.3 Å². The summed E-state index contributed by atoms with van der Waals surface area (Å²) in [5, 5.41) is 0.0757. The number of hydrogen-bond acceptors (Lipinski definition) is 3. The number of sulfonamides is 1. The van der Waals surface area contributed by atoms with Crippen LogP contribution in [0.15, 0.2) is 11.2 Å². The van der Waals surface area contributed by atoms with Gasteiger partial charge in [0.15, 0.2) is 5.03 Å². The fourth-order valence-corrected chi connectivity index (χ4v) is 3.77. The molecule has 1 aromatic rings. The first-order valence-electron chi connectivity index (χ1n) is 5.86. The molecule has 1 heterocycles. The van der Waals surface area contributed by atoms with E-state index in [1.165, 1.54) is 6.20 Å². The first-order valence-corrected chi connectivity index (χ1v) is 8.26. The van der Waals surface area contributed by atoms with Crippen LogP contribution in [0.2, 0.25) is 0 Å². The van der Waals surface area contributed by atoms with E-state index < -0.39 is 10.0 Å². The van der Waals surface area contributed by atoms with E-state index in [1.54, 1.807) is 18.5 Å². The summed E-state index contributed by atoms with van der Waals surface area (Å²) in [5.41, 5.74) is 0. The third-order valence-corrected chi connectivity index (χ3v) is 4.58. The second kappa shape index (κ2) is 6.16. The molecule has 1 unspecified atom stereocenters. The van der Waals surface area contributed by atoms with Crippen LogP contribution in [-0.2, 0) is 17.1 Å². The first kappa shape index (κ1) is 15.7. The summed E-state index contributed by atoms with van der Waals surface area (Å²) < 4.78 is 28.2. The molecule has 0 saturated carbocycles. The molecule has 0 amide bonds. The van der Waals surface area contributed by atoms with Gasteiger partial charge < -0.3 is 4.57 Å². The molecule has 1 rings (SSSR count). The van der Waals surface area contributed by atoms with Gasteiger partial charge in [0.25, 0.3) is 10.0 Å². The fourth-order valence-electron chi connectivity index (χ4n) is 1.52. The lowest BCUT2D eigenvalue weighted by molar-refractivity contribution is 0.550. The maximum absolute atomic E-state index is 12.0. The molecule has 7 heteroatoms. The molecule has 0 spiro atoms. The van der Waals surface area contributed by atoms with Crippen molar-refractivity contribution in [3.63, 3.8) is 0 Å². The summed E-state index contributed by atoms with van der Waals surface area (Å²) in [6.07, 6.45) is 2.44. The first-order chi connectivity index (χ1) is 8.22.